The molecule has 2 aromatic rings. The summed E-state index contributed by atoms with van der Waals surface area (Å²) in [5, 5.41) is 8.67. The van der Waals surface area contributed by atoms with Gasteiger partial charge in [-0.3, -0.25) is 0 Å². The zero-order valence-corrected chi connectivity index (χ0v) is 12.8. The number of esters is 1. The Morgan fingerprint density at radius 3 is 2.61 bits per heavy atom. The average molecular weight is 309 g/mol. The number of carbonyl (C=O) groups excluding carboxylic acids is 1. The average Bonchev–Trinajstić information content (AvgIpc) is 2.56. The Morgan fingerprint density at radius 1 is 1.26 bits per heavy atom. The van der Waals surface area contributed by atoms with E-state index in [1.165, 1.54) is 12.1 Å². The highest BCUT2D eigenvalue weighted by Gasteiger charge is 2.10. The van der Waals surface area contributed by atoms with Crippen molar-refractivity contribution in [2.75, 3.05) is 0 Å². The van der Waals surface area contributed by atoms with Gasteiger partial charge in [0.2, 0.25) is 0 Å². The van der Waals surface area contributed by atoms with Crippen LogP contribution in [0.3, 0.4) is 0 Å². The summed E-state index contributed by atoms with van der Waals surface area (Å²) in [5.74, 6) is -1.22. The number of nitrogens with zero attached hydrogens (tertiary/aromatic N) is 1. The maximum atomic E-state index is 13.5. The lowest BCUT2D eigenvalue weighted by atomic mass is 10.1. The molecule has 0 saturated carbocycles. The van der Waals surface area contributed by atoms with Gasteiger partial charge in [-0.05, 0) is 36.2 Å². The van der Waals surface area contributed by atoms with E-state index >= 15 is 0 Å². The van der Waals surface area contributed by atoms with E-state index in [4.69, 9.17) is 10.00 Å². The summed E-state index contributed by atoms with van der Waals surface area (Å²) >= 11 is 0. The minimum Gasteiger partial charge on any atom is -0.423 e. The Bertz CT molecular complexity index is 758. The molecule has 0 amide bonds. The maximum Gasteiger partial charge on any atom is 0.343 e. The van der Waals surface area contributed by atoms with E-state index in [2.05, 4.69) is 13.0 Å². The van der Waals surface area contributed by atoms with Crippen LogP contribution < -0.4 is 4.74 Å². The molecule has 0 heterocycles. The Kier molecular flexibility index (Phi) is 5.65. The van der Waals surface area contributed by atoms with Crippen LogP contribution in [0.4, 0.5) is 4.39 Å². The monoisotopic (exact) mass is 309 g/mol. The second-order valence-corrected chi connectivity index (χ2v) is 4.96. The molecule has 0 atom stereocenters. The molecule has 0 aliphatic heterocycles. The summed E-state index contributed by atoms with van der Waals surface area (Å²) in [5.41, 5.74) is 1.29. The number of benzene rings is 2. The smallest absolute Gasteiger partial charge is 0.343 e. The van der Waals surface area contributed by atoms with Gasteiger partial charge >= 0.3 is 5.97 Å². The molecule has 23 heavy (non-hydrogen) atoms. The van der Waals surface area contributed by atoms with Crippen LogP contribution >= 0.6 is 0 Å². The molecule has 0 aromatic heterocycles. The molecule has 0 aliphatic carbocycles. The summed E-state index contributed by atoms with van der Waals surface area (Å²) in [6.45, 7) is 2.11. The number of unbranched alkanes of at least 4 members (excludes halogenated alkanes) is 1. The number of ether oxygens (including phenoxy) is 1. The molecule has 0 saturated heterocycles. The van der Waals surface area contributed by atoms with Crippen molar-refractivity contribution in [1.29, 1.82) is 5.26 Å². The lowest BCUT2D eigenvalue weighted by molar-refractivity contribution is 0.0734. The van der Waals surface area contributed by atoms with Crippen LogP contribution in [-0.2, 0) is 0 Å². The molecule has 116 valence electrons. The Labute approximate surface area is 134 Å². The van der Waals surface area contributed by atoms with Crippen molar-refractivity contribution in [2.45, 2.75) is 19.8 Å². The number of halogens is 1. The summed E-state index contributed by atoms with van der Waals surface area (Å²) < 4.78 is 18.6. The van der Waals surface area contributed by atoms with Crippen molar-refractivity contribution in [3.05, 3.63) is 71.0 Å². The molecular weight excluding hydrogens is 293 g/mol. The van der Waals surface area contributed by atoms with Crippen LogP contribution in [0.15, 0.2) is 48.5 Å². The number of rotatable bonds is 5. The van der Waals surface area contributed by atoms with E-state index < -0.39 is 11.8 Å². The molecule has 0 unspecified atom stereocenters. The minimum atomic E-state index is -0.714. The fraction of sp³-hybridized carbons (Fsp3) is 0.158. The van der Waals surface area contributed by atoms with Crippen LogP contribution in [-0.4, -0.2) is 5.97 Å². The normalized spacial score (nSPS) is 10.5. The predicted octanol–water partition coefficient (Wildman–Crippen LogP) is 4.73. The first-order valence-corrected chi connectivity index (χ1v) is 7.32. The lowest BCUT2D eigenvalue weighted by Gasteiger charge is -2.05. The minimum absolute atomic E-state index is 0.0680. The predicted molar refractivity (Wildman–Crippen MR) is 86.5 cm³/mol. The molecular formula is C19H16FNO2. The van der Waals surface area contributed by atoms with Gasteiger partial charge in [0.05, 0.1) is 11.1 Å². The van der Waals surface area contributed by atoms with Gasteiger partial charge in [-0.1, -0.05) is 37.6 Å². The molecule has 3 nitrogen and oxygen atoms in total. The van der Waals surface area contributed by atoms with Crippen molar-refractivity contribution >= 4 is 12.0 Å². The van der Waals surface area contributed by atoms with Crippen molar-refractivity contribution in [3.8, 4) is 11.8 Å². The van der Waals surface area contributed by atoms with Gasteiger partial charge in [0, 0.05) is 6.07 Å². The van der Waals surface area contributed by atoms with Crippen LogP contribution in [0.5, 0.6) is 5.75 Å². The van der Waals surface area contributed by atoms with E-state index in [0.717, 1.165) is 24.5 Å². The van der Waals surface area contributed by atoms with Crippen molar-refractivity contribution in [1.82, 2.24) is 0 Å². The maximum absolute atomic E-state index is 13.5. The third-order valence-electron chi connectivity index (χ3n) is 3.18. The van der Waals surface area contributed by atoms with E-state index in [0.29, 0.717) is 5.56 Å². The lowest BCUT2D eigenvalue weighted by Crippen LogP contribution is -2.08. The summed E-state index contributed by atoms with van der Waals surface area (Å²) in [6, 6.07) is 12.4. The summed E-state index contributed by atoms with van der Waals surface area (Å²) in [6.07, 6.45) is 6.16. The molecule has 0 fully saturated rings. The van der Waals surface area contributed by atoms with Gasteiger partial charge in [0.25, 0.3) is 0 Å². The highest BCUT2D eigenvalue weighted by atomic mass is 19.1. The first kappa shape index (κ1) is 16.4. The highest BCUT2D eigenvalue weighted by Crippen LogP contribution is 2.18. The Hall–Kier alpha value is -2.93. The first-order valence-electron chi connectivity index (χ1n) is 7.32. The van der Waals surface area contributed by atoms with Crippen molar-refractivity contribution in [2.24, 2.45) is 0 Å². The second-order valence-electron chi connectivity index (χ2n) is 4.96. The quantitative estimate of drug-likeness (QED) is 0.592. The SMILES string of the molecule is CCCC=Cc1ccc(C(=O)Oc2ccc(C#N)c(F)c2)cc1. The molecule has 0 bridgehead atoms. The zero-order valence-electron chi connectivity index (χ0n) is 12.8. The number of nitriles is 1. The van der Waals surface area contributed by atoms with Crippen molar-refractivity contribution in [3.63, 3.8) is 0 Å². The molecule has 0 N–H and O–H groups in total. The summed E-state index contributed by atoms with van der Waals surface area (Å²) in [4.78, 5) is 12.0. The van der Waals surface area contributed by atoms with Crippen LogP contribution in [0, 0.1) is 17.1 Å². The standard InChI is InChI=1S/C19H16FNO2/c1-2-3-4-5-14-6-8-15(9-7-14)19(22)23-17-11-10-16(13-21)18(20)12-17/h4-12H,2-3H2,1H3. The third-order valence-corrected chi connectivity index (χ3v) is 3.18. The third kappa shape index (κ3) is 4.52. The number of hydrogen-bond donors (Lipinski definition) is 0. The molecule has 0 radical (unpaired) electrons. The van der Waals surface area contributed by atoms with E-state index in [-0.39, 0.29) is 11.3 Å². The molecule has 4 heteroatoms. The molecule has 2 rings (SSSR count). The first-order chi connectivity index (χ1) is 11.1. The van der Waals surface area contributed by atoms with E-state index in [1.54, 1.807) is 18.2 Å². The fourth-order valence-corrected chi connectivity index (χ4v) is 1.93. The largest absolute Gasteiger partial charge is 0.423 e. The second kappa shape index (κ2) is 7.90. The van der Waals surface area contributed by atoms with Crippen LogP contribution in [0.25, 0.3) is 6.08 Å². The molecule has 0 aliphatic rings. The van der Waals surface area contributed by atoms with Gasteiger partial charge in [-0.2, -0.15) is 5.26 Å². The van der Waals surface area contributed by atoms with Gasteiger partial charge in [0.15, 0.2) is 0 Å². The molecule has 0 spiro atoms. The fourth-order valence-electron chi connectivity index (χ4n) is 1.93. The van der Waals surface area contributed by atoms with Gasteiger partial charge in [0.1, 0.15) is 17.6 Å². The number of hydrogen-bond acceptors (Lipinski definition) is 3. The Balaban J connectivity index is 2.06. The van der Waals surface area contributed by atoms with Gasteiger partial charge in [-0.25, -0.2) is 9.18 Å². The number of carbonyl (C=O) groups is 1. The molecule has 2 aromatic carbocycles. The zero-order chi connectivity index (χ0) is 16.7. The van der Waals surface area contributed by atoms with Crippen LogP contribution in [0.1, 0.15) is 41.3 Å². The van der Waals surface area contributed by atoms with E-state index in [9.17, 15) is 9.18 Å². The summed E-state index contributed by atoms with van der Waals surface area (Å²) in [7, 11) is 0. The van der Waals surface area contributed by atoms with Gasteiger partial charge in [-0.15, -0.1) is 0 Å². The Morgan fingerprint density at radius 2 is 2.00 bits per heavy atom. The highest BCUT2D eigenvalue weighted by molar-refractivity contribution is 5.91. The number of allylic oxidation sites excluding steroid dienone is 1. The van der Waals surface area contributed by atoms with Crippen LogP contribution in [0.2, 0.25) is 0 Å². The van der Waals surface area contributed by atoms with Crippen molar-refractivity contribution < 1.29 is 13.9 Å². The topological polar surface area (TPSA) is 50.1 Å². The van der Waals surface area contributed by atoms with Gasteiger partial charge < -0.3 is 4.74 Å². The van der Waals surface area contributed by atoms with E-state index in [1.807, 2.05) is 18.2 Å².